The number of carbonyl (C=O) groups is 2. The Morgan fingerprint density at radius 3 is 2.53 bits per heavy atom. The summed E-state index contributed by atoms with van der Waals surface area (Å²) >= 11 is 0. The van der Waals surface area contributed by atoms with Crippen LogP contribution in [0.25, 0.3) is 0 Å². The standard InChI is InChI=1S/C9H10F2N2O2/c1-5-3-6(13(2)12-5)7(14)4-8(15)9(10)11/h3,9H,4H2,1-2H3. The lowest BCUT2D eigenvalue weighted by Gasteiger charge is -1.99. The molecule has 15 heavy (non-hydrogen) atoms. The van der Waals surface area contributed by atoms with Crippen molar-refractivity contribution in [2.75, 3.05) is 0 Å². The van der Waals surface area contributed by atoms with Crippen LogP contribution in [0.3, 0.4) is 0 Å². The SMILES string of the molecule is Cc1cc(C(=O)CC(=O)C(F)F)n(C)n1. The fraction of sp³-hybridized carbons (Fsp3) is 0.444. The molecule has 0 unspecified atom stereocenters. The van der Waals surface area contributed by atoms with Crippen molar-refractivity contribution >= 4 is 11.6 Å². The van der Waals surface area contributed by atoms with Crippen LogP contribution in [0, 0.1) is 6.92 Å². The number of carbonyl (C=O) groups excluding carboxylic acids is 2. The summed E-state index contributed by atoms with van der Waals surface area (Å²) in [6.45, 7) is 1.67. The average Bonchev–Trinajstić information content (AvgIpc) is 2.44. The normalized spacial score (nSPS) is 10.7. The van der Waals surface area contributed by atoms with Crippen molar-refractivity contribution in [1.82, 2.24) is 9.78 Å². The Morgan fingerprint density at radius 1 is 1.53 bits per heavy atom. The first-order valence-electron chi connectivity index (χ1n) is 4.26. The van der Waals surface area contributed by atoms with E-state index in [2.05, 4.69) is 5.10 Å². The number of nitrogens with zero attached hydrogens (tertiary/aromatic N) is 2. The van der Waals surface area contributed by atoms with Crippen molar-refractivity contribution in [3.63, 3.8) is 0 Å². The highest BCUT2D eigenvalue weighted by Gasteiger charge is 2.21. The zero-order valence-corrected chi connectivity index (χ0v) is 8.33. The highest BCUT2D eigenvalue weighted by molar-refractivity contribution is 6.07. The molecule has 0 amide bonds. The van der Waals surface area contributed by atoms with E-state index in [0.29, 0.717) is 5.69 Å². The molecule has 0 spiro atoms. The highest BCUT2D eigenvalue weighted by Crippen LogP contribution is 2.08. The van der Waals surface area contributed by atoms with Crippen LogP contribution in [0.15, 0.2) is 6.07 Å². The molecule has 0 radical (unpaired) electrons. The van der Waals surface area contributed by atoms with E-state index in [-0.39, 0.29) is 5.69 Å². The summed E-state index contributed by atoms with van der Waals surface area (Å²) in [5.74, 6) is -2.00. The van der Waals surface area contributed by atoms with Crippen molar-refractivity contribution < 1.29 is 18.4 Å². The second-order valence-corrected chi connectivity index (χ2v) is 3.16. The molecular weight excluding hydrogens is 206 g/mol. The number of ketones is 2. The first kappa shape index (κ1) is 11.5. The third-order valence-corrected chi connectivity index (χ3v) is 1.87. The zero-order valence-electron chi connectivity index (χ0n) is 8.33. The van der Waals surface area contributed by atoms with E-state index >= 15 is 0 Å². The van der Waals surface area contributed by atoms with Gasteiger partial charge < -0.3 is 0 Å². The minimum atomic E-state index is -3.09. The van der Waals surface area contributed by atoms with Gasteiger partial charge in [0.05, 0.1) is 12.1 Å². The Bertz CT molecular complexity index is 399. The second-order valence-electron chi connectivity index (χ2n) is 3.16. The van der Waals surface area contributed by atoms with E-state index in [1.807, 2.05) is 0 Å². The number of rotatable bonds is 4. The number of aryl methyl sites for hydroxylation is 2. The molecule has 1 aromatic heterocycles. The summed E-state index contributed by atoms with van der Waals surface area (Å²) in [7, 11) is 1.52. The van der Waals surface area contributed by atoms with Gasteiger partial charge in [0, 0.05) is 7.05 Å². The second kappa shape index (κ2) is 4.29. The molecule has 1 heterocycles. The summed E-state index contributed by atoms with van der Waals surface area (Å²) in [5.41, 5.74) is 0.770. The summed E-state index contributed by atoms with van der Waals surface area (Å²) in [5, 5.41) is 3.88. The molecule has 0 aliphatic rings. The van der Waals surface area contributed by atoms with Crippen molar-refractivity contribution in [3.8, 4) is 0 Å². The summed E-state index contributed by atoms with van der Waals surface area (Å²) < 4.78 is 25.0. The topological polar surface area (TPSA) is 52.0 Å². The monoisotopic (exact) mass is 216 g/mol. The van der Waals surface area contributed by atoms with Crippen LogP contribution in [-0.4, -0.2) is 27.8 Å². The van der Waals surface area contributed by atoms with E-state index < -0.39 is 24.4 Å². The molecular formula is C9H10F2N2O2. The summed E-state index contributed by atoms with van der Waals surface area (Å²) in [4.78, 5) is 22.0. The van der Waals surface area contributed by atoms with Gasteiger partial charge in [-0.15, -0.1) is 0 Å². The molecule has 0 N–H and O–H groups in total. The van der Waals surface area contributed by atoms with E-state index in [1.54, 1.807) is 6.92 Å². The largest absolute Gasteiger partial charge is 0.296 e. The molecule has 0 saturated heterocycles. The number of Topliss-reactive ketones (excluding diaryl/α,β-unsaturated/α-hetero) is 2. The number of halogens is 2. The fourth-order valence-electron chi connectivity index (χ4n) is 1.20. The molecule has 0 aliphatic carbocycles. The van der Waals surface area contributed by atoms with Crippen LogP contribution in [0.1, 0.15) is 22.6 Å². The van der Waals surface area contributed by atoms with Crippen molar-refractivity contribution in [2.45, 2.75) is 19.8 Å². The van der Waals surface area contributed by atoms with Gasteiger partial charge >= 0.3 is 0 Å². The van der Waals surface area contributed by atoms with E-state index in [0.717, 1.165) is 0 Å². The van der Waals surface area contributed by atoms with Gasteiger partial charge in [-0.25, -0.2) is 8.78 Å². The Labute approximate surface area is 84.9 Å². The molecule has 1 aromatic rings. The molecule has 6 heteroatoms. The lowest BCUT2D eigenvalue weighted by molar-refractivity contribution is -0.128. The van der Waals surface area contributed by atoms with E-state index in [4.69, 9.17) is 0 Å². The van der Waals surface area contributed by atoms with Gasteiger partial charge in [-0.2, -0.15) is 5.10 Å². The highest BCUT2D eigenvalue weighted by atomic mass is 19.3. The van der Waals surface area contributed by atoms with Crippen LogP contribution in [0.5, 0.6) is 0 Å². The Morgan fingerprint density at radius 2 is 2.13 bits per heavy atom. The first-order chi connectivity index (χ1) is 6.91. The maximum atomic E-state index is 11.9. The summed E-state index contributed by atoms with van der Waals surface area (Å²) in [6, 6.07) is 1.46. The maximum Gasteiger partial charge on any atom is 0.296 e. The molecule has 0 aromatic carbocycles. The number of hydrogen-bond acceptors (Lipinski definition) is 3. The third-order valence-electron chi connectivity index (χ3n) is 1.87. The zero-order chi connectivity index (χ0) is 11.6. The Hall–Kier alpha value is -1.59. The van der Waals surface area contributed by atoms with Crippen LogP contribution in [-0.2, 0) is 11.8 Å². The van der Waals surface area contributed by atoms with Gasteiger partial charge in [0.2, 0.25) is 5.78 Å². The predicted octanol–water partition coefficient (Wildman–Crippen LogP) is 1.14. The van der Waals surface area contributed by atoms with Gasteiger partial charge in [0.15, 0.2) is 5.78 Å². The third kappa shape index (κ3) is 2.68. The van der Waals surface area contributed by atoms with Gasteiger partial charge in [-0.1, -0.05) is 0 Å². The van der Waals surface area contributed by atoms with Gasteiger partial charge in [-0.3, -0.25) is 14.3 Å². The number of hydrogen-bond donors (Lipinski definition) is 0. The summed E-state index contributed by atoms with van der Waals surface area (Å²) in [6.07, 6.45) is -3.88. The molecule has 0 saturated carbocycles. The van der Waals surface area contributed by atoms with Crippen LogP contribution >= 0.6 is 0 Å². The first-order valence-corrected chi connectivity index (χ1v) is 4.26. The quantitative estimate of drug-likeness (QED) is 0.560. The van der Waals surface area contributed by atoms with Crippen LogP contribution < -0.4 is 0 Å². The van der Waals surface area contributed by atoms with Crippen molar-refractivity contribution in [3.05, 3.63) is 17.5 Å². The van der Waals surface area contributed by atoms with Crippen LogP contribution in [0.2, 0.25) is 0 Å². The lowest BCUT2D eigenvalue weighted by Crippen LogP contribution is -2.17. The molecule has 0 aliphatic heterocycles. The van der Waals surface area contributed by atoms with Crippen molar-refractivity contribution in [2.24, 2.45) is 7.05 Å². The molecule has 1 rings (SSSR count). The number of alkyl halides is 2. The average molecular weight is 216 g/mol. The van der Waals surface area contributed by atoms with E-state index in [1.165, 1.54) is 17.8 Å². The minimum Gasteiger partial charge on any atom is -0.293 e. The van der Waals surface area contributed by atoms with Gasteiger partial charge in [0.1, 0.15) is 5.69 Å². The number of aromatic nitrogens is 2. The lowest BCUT2D eigenvalue weighted by atomic mass is 10.1. The fourth-order valence-corrected chi connectivity index (χ4v) is 1.20. The van der Waals surface area contributed by atoms with E-state index in [9.17, 15) is 18.4 Å². The Balaban J connectivity index is 2.78. The minimum absolute atomic E-state index is 0.168. The maximum absolute atomic E-state index is 11.9. The Kier molecular flexibility index (Phi) is 3.28. The molecule has 4 nitrogen and oxygen atoms in total. The predicted molar refractivity (Wildman–Crippen MR) is 47.9 cm³/mol. The van der Waals surface area contributed by atoms with Gasteiger partial charge in [-0.05, 0) is 13.0 Å². The molecule has 82 valence electrons. The molecule has 0 atom stereocenters. The molecule has 0 bridgehead atoms. The smallest absolute Gasteiger partial charge is 0.293 e. The molecule has 0 fully saturated rings. The van der Waals surface area contributed by atoms with Crippen molar-refractivity contribution in [1.29, 1.82) is 0 Å². The van der Waals surface area contributed by atoms with Gasteiger partial charge in [0.25, 0.3) is 6.43 Å². The van der Waals surface area contributed by atoms with Crippen LogP contribution in [0.4, 0.5) is 8.78 Å².